The van der Waals surface area contributed by atoms with Crippen LogP contribution in [0.3, 0.4) is 0 Å². The molecule has 0 N–H and O–H groups in total. The number of nitro groups is 1. The van der Waals surface area contributed by atoms with Crippen molar-refractivity contribution in [2.75, 3.05) is 13.1 Å². The number of halogens is 1. The van der Waals surface area contributed by atoms with Crippen molar-refractivity contribution in [3.05, 3.63) is 68.2 Å². The lowest BCUT2D eigenvalue weighted by Gasteiger charge is -2.30. The molecule has 0 spiro atoms. The highest BCUT2D eigenvalue weighted by molar-refractivity contribution is 9.10. The molecule has 0 radical (unpaired) electrons. The number of thiocarbonyl (C=S) groups is 1. The van der Waals surface area contributed by atoms with Gasteiger partial charge in [0.15, 0.2) is 0 Å². The van der Waals surface area contributed by atoms with Gasteiger partial charge in [-0.15, -0.1) is 0 Å². The first-order valence-corrected chi connectivity index (χ1v) is 9.69. The van der Waals surface area contributed by atoms with Crippen LogP contribution in [0.15, 0.2) is 46.9 Å². The Morgan fingerprint density at radius 2 is 1.96 bits per heavy atom. The number of nitro benzene ring substituents is 1. The van der Waals surface area contributed by atoms with Crippen LogP contribution in [-0.2, 0) is 6.61 Å². The molecule has 136 valence electrons. The van der Waals surface area contributed by atoms with E-state index in [1.807, 2.05) is 24.3 Å². The normalized spacial score (nSPS) is 14.1. The van der Waals surface area contributed by atoms with Gasteiger partial charge in [0.25, 0.3) is 5.69 Å². The van der Waals surface area contributed by atoms with Crippen LogP contribution in [0.4, 0.5) is 5.69 Å². The number of ether oxygens (including phenoxy) is 1. The van der Waals surface area contributed by atoms with Gasteiger partial charge in [-0.1, -0.05) is 40.3 Å². The molecule has 1 fully saturated rings. The van der Waals surface area contributed by atoms with Gasteiger partial charge in [0, 0.05) is 29.7 Å². The molecule has 1 aliphatic heterocycles. The van der Waals surface area contributed by atoms with E-state index >= 15 is 0 Å². The number of hydrogen-bond acceptors (Lipinski definition) is 4. The zero-order valence-electron chi connectivity index (χ0n) is 14.2. The molecule has 0 aromatic heterocycles. The van der Waals surface area contributed by atoms with Gasteiger partial charge in [-0.2, -0.15) is 0 Å². The third kappa shape index (κ3) is 4.59. The SMILES string of the molecule is O=[N+]([O-])c1cccc(COc2ccc(Br)cc2C(=S)N2CCCCC2)c1. The van der Waals surface area contributed by atoms with Gasteiger partial charge in [-0.25, -0.2) is 0 Å². The zero-order valence-corrected chi connectivity index (χ0v) is 16.6. The van der Waals surface area contributed by atoms with Crippen LogP contribution in [0.2, 0.25) is 0 Å². The Morgan fingerprint density at radius 3 is 2.69 bits per heavy atom. The predicted molar refractivity (Wildman–Crippen MR) is 109 cm³/mol. The van der Waals surface area contributed by atoms with E-state index < -0.39 is 4.92 Å². The molecule has 3 rings (SSSR count). The minimum Gasteiger partial charge on any atom is -0.488 e. The van der Waals surface area contributed by atoms with E-state index in [0.29, 0.717) is 5.75 Å². The van der Waals surface area contributed by atoms with Crippen molar-refractivity contribution in [1.82, 2.24) is 4.90 Å². The van der Waals surface area contributed by atoms with E-state index in [9.17, 15) is 10.1 Å². The summed E-state index contributed by atoms with van der Waals surface area (Å²) in [6, 6.07) is 12.2. The molecule has 1 heterocycles. The molecular weight excluding hydrogens is 416 g/mol. The second kappa shape index (κ2) is 8.60. The summed E-state index contributed by atoms with van der Waals surface area (Å²) in [4.78, 5) is 13.5. The number of hydrogen-bond donors (Lipinski definition) is 0. The minimum absolute atomic E-state index is 0.0611. The average Bonchev–Trinajstić information content (AvgIpc) is 2.67. The Bertz CT molecular complexity index is 822. The Kier molecular flexibility index (Phi) is 6.21. The van der Waals surface area contributed by atoms with Crippen LogP contribution in [0.5, 0.6) is 5.75 Å². The van der Waals surface area contributed by atoms with Crippen LogP contribution in [0.25, 0.3) is 0 Å². The predicted octanol–water partition coefficient (Wildman–Crippen LogP) is 5.10. The van der Waals surface area contributed by atoms with Gasteiger partial charge in [0.2, 0.25) is 0 Å². The van der Waals surface area contributed by atoms with Gasteiger partial charge in [-0.05, 0) is 43.0 Å². The number of rotatable bonds is 5. The van der Waals surface area contributed by atoms with E-state index in [0.717, 1.165) is 46.5 Å². The maximum absolute atomic E-state index is 10.9. The third-order valence-electron chi connectivity index (χ3n) is 4.33. The molecule has 1 saturated heterocycles. The Hall–Kier alpha value is -1.99. The number of piperidine rings is 1. The van der Waals surface area contributed by atoms with Crippen molar-refractivity contribution in [2.24, 2.45) is 0 Å². The molecule has 7 heteroatoms. The van der Waals surface area contributed by atoms with Gasteiger partial charge < -0.3 is 9.64 Å². The summed E-state index contributed by atoms with van der Waals surface area (Å²) in [6.07, 6.45) is 3.55. The standard InChI is InChI=1S/C19H19BrN2O3S/c20-15-7-8-18(17(12-15)19(26)21-9-2-1-3-10-21)25-13-14-5-4-6-16(11-14)22(23)24/h4-8,11-12H,1-3,9-10,13H2. The number of likely N-dealkylation sites (tertiary alicyclic amines) is 1. The lowest BCUT2D eigenvalue weighted by atomic mass is 10.1. The average molecular weight is 435 g/mol. The topological polar surface area (TPSA) is 55.6 Å². The van der Waals surface area contributed by atoms with E-state index in [1.165, 1.54) is 18.6 Å². The van der Waals surface area contributed by atoms with Crippen LogP contribution in [0, 0.1) is 10.1 Å². The van der Waals surface area contributed by atoms with Crippen molar-refractivity contribution in [3.63, 3.8) is 0 Å². The second-order valence-electron chi connectivity index (χ2n) is 6.21. The Labute approximate surface area is 166 Å². The van der Waals surface area contributed by atoms with Crippen molar-refractivity contribution in [2.45, 2.75) is 25.9 Å². The number of non-ortho nitro benzene ring substituents is 1. The van der Waals surface area contributed by atoms with E-state index in [4.69, 9.17) is 17.0 Å². The van der Waals surface area contributed by atoms with Crippen molar-refractivity contribution in [1.29, 1.82) is 0 Å². The molecule has 26 heavy (non-hydrogen) atoms. The largest absolute Gasteiger partial charge is 0.488 e. The highest BCUT2D eigenvalue weighted by atomic mass is 79.9. The molecule has 0 atom stereocenters. The van der Waals surface area contributed by atoms with Crippen molar-refractivity contribution >= 4 is 38.8 Å². The van der Waals surface area contributed by atoms with Gasteiger partial charge in [0.05, 0.1) is 10.5 Å². The van der Waals surface area contributed by atoms with Crippen molar-refractivity contribution in [3.8, 4) is 5.75 Å². The monoisotopic (exact) mass is 434 g/mol. The quantitative estimate of drug-likeness (QED) is 0.372. The van der Waals surface area contributed by atoms with Gasteiger partial charge >= 0.3 is 0 Å². The van der Waals surface area contributed by atoms with Crippen LogP contribution < -0.4 is 4.74 Å². The maximum Gasteiger partial charge on any atom is 0.269 e. The number of nitrogens with zero attached hydrogens (tertiary/aromatic N) is 2. The zero-order chi connectivity index (χ0) is 18.5. The smallest absolute Gasteiger partial charge is 0.269 e. The van der Waals surface area contributed by atoms with E-state index in [2.05, 4.69) is 20.8 Å². The van der Waals surface area contributed by atoms with Gasteiger partial charge in [0.1, 0.15) is 17.3 Å². The molecule has 5 nitrogen and oxygen atoms in total. The highest BCUT2D eigenvalue weighted by Crippen LogP contribution is 2.27. The van der Waals surface area contributed by atoms with Crippen molar-refractivity contribution < 1.29 is 9.66 Å². The molecule has 0 unspecified atom stereocenters. The van der Waals surface area contributed by atoms with Crippen LogP contribution in [-0.4, -0.2) is 27.9 Å². The lowest BCUT2D eigenvalue weighted by molar-refractivity contribution is -0.384. The van der Waals surface area contributed by atoms with Gasteiger partial charge in [-0.3, -0.25) is 10.1 Å². The fraction of sp³-hybridized carbons (Fsp3) is 0.316. The molecule has 2 aromatic carbocycles. The highest BCUT2D eigenvalue weighted by Gasteiger charge is 2.19. The van der Waals surface area contributed by atoms with Crippen LogP contribution >= 0.6 is 28.1 Å². The lowest BCUT2D eigenvalue weighted by Crippen LogP contribution is -2.35. The summed E-state index contributed by atoms with van der Waals surface area (Å²) in [6.45, 7) is 2.18. The first-order chi connectivity index (χ1) is 12.5. The molecule has 2 aromatic rings. The molecule has 0 saturated carbocycles. The summed E-state index contributed by atoms with van der Waals surface area (Å²) in [5.41, 5.74) is 1.68. The van der Waals surface area contributed by atoms with Crippen LogP contribution in [0.1, 0.15) is 30.4 Å². The molecule has 0 aliphatic carbocycles. The molecule has 1 aliphatic rings. The second-order valence-corrected chi connectivity index (χ2v) is 7.51. The summed E-state index contributed by atoms with van der Waals surface area (Å²) in [7, 11) is 0. The first kappa shape index (κ1) is 18.8. The van der Waals surface area contributed by atoms with E-state index in [1.54, 1.807) is 6.07 Å². The summed E-state index contributed by atoms with van der Waals surface area (Å²) < 4.78 is 6.91. The summed E-state index contributed by atoms with van der Waals surface area (Å²) in [5.74, 6) is 0.690. The third-order valence-corrected chi connectivity index (χ3v) is 5.30. The van der Waals surface area contributed by atoms with E-state index in [-0.39, 0.29) is 12.3 Å². The minimum atomic E-state index is -0.403. The molecule has 0 bridgehead atoms. The fourth-order valence-electron chi connectivity index (χ4n) is 2.98. The Balaban J connectivity index is 1.78. The fourth-order valence-corrected chi connectivity index (χ4v) is 3.69. The molecule has 0 amide bonds. The maximum atomic E-state index is 10.9. The number of benzene rings is 2. The Morgan fingerprint density at radius 1 is 1.19 bits per heavy atom. The summed E-state index contributed by atoms with van der Waals surface area (Å²) in [5, 5.41) is 10.9. The molecular formula is C19H19BrN2O3S. The first-order valence-electron chi connectivity index (χ1n) is 8.49. The summed E-state index contributed by atoms with van der Waals surface area (Å²) >= 11 is 9.21.